The predicted octanol–water partition coefficient (Wildman–Crippen LogP) is 5.45. The van der Waals surface area contributed by atoms with Crippen molar-refractivity contribution < 1.29 is 30.7 Å². The third kappa shape index (κ3) is 6.21. The standard InChI is InChI=1S/C27H31F4N5O3S/c1-18(33-40(37,38)22-4-2-3-20(14-22)27(29,30)31)15-26(17-32-35-34-26)24-9-12-39-25-13-19(5-6-23(24)25)16-36-10-7-21(28)8-11-36/h2-6,13-14,17-18,21,24,33H,7-12,15-16H2,1H3. The molecule has 3 aliphatic rings. The minimum atomic E-state index is -4.66. The van der Waals surface area contributed by atoms with E-state index in [1.54, 1.807) is 13.1 Å². The van der Waals surface area contributed by atoms with E-state index in [9.17, 15) is 26.0 Å². The molecule has 3 atom stereocenters. The van der Waals surface area contributed by atoms with Crippen LogP contribution in [0.1, 0.15) is 55.2 Å². The summed E-state index contributed by atoms with van der Waals surface area (Å²) < 4.78 is 87.4. The highest BCUT2D eigenvalue weighted by molar-refractivity contribution is 7.89. The van der Waals surface area contributed by atoms with E-state index in [-0.39, 0.29) is 12.3 Å². The van der Waals surface area contributed by atoms with Crippen LogP contribution in [0, 0.1) is 0 Å². The Bertz CT molecular complexity index is 1380. The van der Waals surface area contributed by atoms with Crippen LogP contribution < -0.4 is 9.46 Å². The lowest BCUT2D eigenvalue weighted by atomic mass is 9.74. The molecule has 0 bridgehead atoms. The third-order valence-electron chi connectivity index (χ3n) is 7.67. The van der Waals surface area contributed by atoms with Crippen LogP contribution >= 0.6 is 0 Å². The van der Waals surface area contributed by atoms with Crippen LogP contribution in [0.4, 0.5) is 17.6 Å². The maximum Gasteiger partial charge on any atom is 0.416 e. The zero-order valence-corrected chi connectivity index (χ0v) is 22.8. The number of nitrogens with zero attached hydrogens (tertiary/aromatic N) is 4. The number of hydrogen-bond donors (Lipinski definition) is 1. The molecule has 0 aromatic heterocycles. The van der Waals surface area contributed by atoms with Crippen molar-refractivity contribution in [1.29, 1.82) is 0 Å². The van der Waals surface area contributed by atoms with Gasteiger partial charge >= 0.3 is 6.18 Å². The number of halogens is 4. The summed E-state index contributed by atoms with van der Waals surface area (Å²) in [7, 11) is -4.24. The maximum absolute atomic E-state index is 13.5. The lowest BCUT2D eigenvalue weighted by Crippen LogP contribution is -2.44. The molecule has 3 aliphatic heterocycles. The molecule has 1 N–H and O–H groups in total. The summed E-state index contributed by atoms with van der Waals surface area (Å²) in [4.78, 5) is 1.75. The normalized spacial score (nSPS) is 24.6. The van der Waals surface area contributed by atoms with E-state index in [0.717, 1.165) is 29.3 Å². The SMILES string of the molecule is CC(CC1(C2CCOc3cc(CN4CCC(F)CC4)ccc32)C=NN=N1)NS(=O)(=O)c1cccc(C(F)(F)F)c1. The summed E-state index contributed by atoms with van der Waals surface area (Å²) in [6.07, 6.45) is -1.95. The maximum atomic E-state index is 13.5. The molecular formula is C27H31F4N5O3S. The molecular weight excluding hydrogens is 550 g/mol. The number of nitrogens with one attached hydrogen (secondary N) is 1. The fraction of sp³-hybridized carbons (Fsp3) is 0.519. The molecule has 8 nitrogen and oxygen atoms in total. The number of fused-ring (bicyclic) bond motifs is 1. The van der Waals surface area contributed by atoms with E-state index in [4.69, 9.17) is 4.74 Å². The number of hydrogen-bond acceptors (Lipinski definition) is 7. The molecule has 40 heavy (non-hydrogen) atoms. The highest BCUT2D eigenvalue weighted by atomic mass is 32.2. The number of sulfonamides is 1. The number of benzene rings is 2. The van der Waals surface area contributed by atoms with Crippen molar-refractivity contribution in [3.05, 3.63) is 59.2 Å². The first-order chi connectivity index (χ1) is 19.0. The highest BCUT2D eigenvalue weighted by Crippen LogP contribution is 2.45. The molecule has 0 radical (unpaired) electrons. The Kier molecular flexibility index (Phi) is 7.99. The molecule has 0 aliphatic carbocycles. The van der Waals surface area contributed by atoms with Gasteiger partial charge < -0.3 is 4.74 Å². The fourth-order valence-electron chi connectivity index (χ4n) is 5.73. The Morgan fingerprint density at radius 1 is 1.15 bits per heavy atom. The molecule has 3 unspecified atom stereocenters. The van der Waals surface area contributed by atoms with Gasteiger partial charge in [0.05, 0.1) is 23.3 Å². The third-order valence-corrected chi connectivity index (χ3v) is 9.26. The number of alkyl halides is 4. The monoisotopic (exact) mass is 581 g/mol. The summed E-state index contributed by atoms with van der Waals surface area (Å²) in [5, 5.41) is 12.3. The van der Waals surface area contributed by atoms with Crippen LogP contribution in [-0.2, 0) is 22.7 Å². The number of piperidine rings is 1. The van der Waals surface area contributed by atoms with Gasteiger partial charge in [-0.2, -0.15) is 18.3 Å². The first-order valence-corrected chi connectivity index (χ1v) is 14.7. The van der Waals surface area contributed by atoms with Crippen molar-refractivity contribution in [2.45, 2.75) is 73.9 Å². The molecule has 5 rings (SSSR count). The second kappa shape index (κ2) is 11.2. The zero-order chi connectivity index (χ0) is 28.5. The Balaban J connectivity index is 1.33. The van der Waals surface area contributed by atoms with Crippen LogP contribution in [-0.4, -0.2) is 57.0 Å². The second-order valence-corrected chi connectivity index (χ2v) is 12.4. The van der Waals surface area contributed by atoms with Crippen molar-refractivity contribution in [2.24, 2.45) is 15.4 Å². The Morgan fingerprint density at radius 3 is 2.62 bits per heavy atom. The van der Waals surface area contributed by atoms with Gasteiger partial charge in [-0.1, -0.05) is 18.2 Å². The molecule has 1 fully saturated rings. The van der Waals surface area contributed by atoms with Gasteiger partial charge in [0.2, 0.25) is 10.0 Å². The van der Waals surface area contributed by atoms with Gasteiger partial charge in [0.25, 0.3) is 0 Å². The molecule has 13 heteroatoms. The average molecular weight is 582 g/mol. The van der Waals surface area contributed by atoms with Crippen LogP contribution in [0.3, 0.4) is 0 Å². The van der Waals surface area contributed by atoms with E-state index < -0.39 is 44.4 Å². The van der Waals surface area contributed by atoms with Gasteiger partial charge in [0.15, 0.2) is 0 Å². The van der Waals surface area contributed by atoms with Crippen LogP contribution in [0.2, 0.25) is 0 Å². The fourth-order valence-corrected chi connectivity index (χ4v) is 7.02. The number of likely N-dealkylation sites (tertiary alicyclic amines) is 1. The summed E-state index contributed by atoms with van der Waals surface area (Å²) in [5.74, 6) is 0.504. The lowest BCUT2D eigenvalue weighted by Gasteiger charge is -2.37. The van der Waals surface area contributed by atoms with Crippen LogP contribution in [0.5, 0.6) is 5.75 Å². The predicted molar refractivity (Wildman–Crippen MR) is 141 cm³/mol. The highest BCUT2D eigenvalue weighted by Gasteiger charge is 2.45. The summed E-state index contributed by atoms with van der Waals surface area (Å²) >= 11 is 0. The first-order valence-electron chi connectivity index (χ1n) is 13.2. The van der Waals surface area contributed by atoms with Crippen LogP contribution in [0.25, 0.3) is 0 Å². The summed E-state index contributed by atoms with van der Waals surface area (Å²) in [6.45, 7) is 4.16. The molecule has 2 aromatic rings. The van der Waals surface area contributed by atoms with Gasteiger partial charge in [0, 0.05) is 37.2 Å². The molecule has 0 saturated carbocycles. The summed E-state index contributed by atoms with van der Waals surface area (Å²) in [6, 6.07) is 8.92. The van der Waals surface area contributed by atoms with Crippen molar-refractivity contribution in [3.63, 3.8) is 0 Å². The van der Waals surface area contributed by atoms with E-state index in [1.165, 1.54) is 0 Å². The topological polar surface area (TPSA) is 95.7 Å². The van der Waals surface area contributed by atoms with E-state index in [0.29, 0.717) is 57.3 Å². The van der Waals surface area contributed by atoms with Crippen molar-refractivity contribution in [3.8, 4) is 5.75 Å². The zero-order valence-electron chi connectivity index (χ0n) is 21.9. The quantitative estimate of drug-likeness (QED) is 0.420. The smallest absolute Gasteiger partial charge is 0.416 e. The number of ether oxygens (including phenoxy) is 1. The second-order valence-electron chi connectivity index (χ2n) is 10.7. The Morgan fingerprint density at radius 2 is 1.93 bits per heavy atom. The molecule has 0 spiro atoms. The van der Waals surface area contributed by atoms with Crippen molar-refractivity contribution in [2.75, 3.05) is 19.7 Å². The van der Waals surface area contributed by atoms with Crippen molar-refractivity contribution in [1.82, 2.24) is 9.62 Å². The molecule has 1 saturated heterocycles. The average Bonchev–Trinajstić information content (AvgIpc) is 3.38. The Labute approximate surface area is 230 Å². The van der Waals surface area contributed by atoms with Gasteiger partial charge in [-0.25, -0.2) is 17.5 Å². The molecule has 216 valence electrons. The number of rotatable bonds is 8. The minimum absolute atomic E-state index is 0.183. The van der Waals surface area contributed by atoms with E-state index in [1.807, 2.05) is 18.2 Å². The van der Waals surface area contributed by atoms with E-state index in [2.05, 4.69) is 25.1 Å². The van der Waals surface area contributed by atoms with Gasteiger partial charge in [-0.05, 0) is 67.7 Å². The molecule has 2 aromatic carbocycles. The lowest BCUT2D eigenvalue weighted by molar-refractivity contribution is -0.137. The van der Waals surface area contributed by atoms with Crippen LogP contribution in [0.15, 0.2) is 62.8 Å². The van der Waals surface area contributed by atoms with Crippen molar-refractivity contribution >= 4 is 16.2 Å². The van der Waals surface area contributed by atoms with Gasteiger partial charge in [0.1, 0.15) is 17.5 Å². The van der Waals surface area contributed by atoms with E-state index >= 15 is 0 Å². The minimum Gasteiger partial charge on any atom is -0.493 e. The molecule has 3 heterocycles. The largest absolute Gasteiger partial charge is 0.493 e. The first kappa shape index (κ1) is 28.6. The molecule has 0 amide bonds. The van der Waals surface area contributed by atoms with Gasteiger partial charge in [-0.15, -0.1) is 5.10 Å². The summed E-state index contributed by atoms with van der Waals surface area (Å²) in [5.41, 5.74) is -0.0487. The Hall–Kier alpha value is -2.90. The van der Waals surface area contributed by atoms with Gasteiger partial charge in [-0.3, -0.25) is 4.90 Å².